The summed E-state index contributed by atoms with van der Waals surface area (Å²) in [5.41, 5.74) is 0.960. The number of nitrogens with zero attached hydrogens (tertiary/aromatic N) is 3. The lowest BCUT2D eigenvalue weighted by Crippen LogP contribution is -2.17. The minimum atomic E-state index is -1.10. The van der Waals surface area contributed by atoms with Gasteiger partial charge in [0, 0.05) is 12.4 Å². The van der Waals surface area contributed by atoms with Crippen LogP contribution in [0.1, 0.15) is 26.6 Å². The zero-order chi connectivity index (χ0) is 16.6. The number of hydrogen-bond acceptors (Lipinski definition) is 5. The van der Waals surface area contributed by atoms with E-state index < -0.39 is 11.5 Å². The molecule has 0 fully saturated rings. The largest absolute Gasteiger partial charge is 0.477 e. The molecule has 0 aliphatic rings. The normalized spacial score (nSPS) is 11.4. The minimum Gasteiger partial charge on any atom is -0.477 e. The fraction of sp³-hybridized carbons (Fsp3) is 0.0667. The lowest BCUT2D eigenvalue weighted by Gasteiger charge is -2.00. The van der Waals surface area contributed by atoms with Gasteiger partial charge in [-0.05, 0) is 24.6 Å². The van der Waals surface area contributed by atoms with E-state index in [-0.39, 0.29) is 9.90 Å². The third kappa shape index (κ3) is 2.76. The smallest absolute Gasteiger partial charge is 0.347 e. The highest BCUT2D eigenvalue weighted by Crippen LogP contribution is 2.23. The first-order chi connectivity index (χ1) is 11.0. The SMILES string of the molecule is Cc1c(C(=O)O)sc2nc(C=Cc3cccnc3)c(Cl)c(=O)n12. The molecule has 0 radical (unpaired) electrons. The molecule has 0 unspecified atom stereocenters. The lowest BCUT2D eigenvalue weighted by molar-refractivity contribution is 0.0701. The number of carboxylic acids is 1. The van der Waals surface area contributed by atoms with Gasteiger partial charge in [0.15, 0.2) is 4.96 Å². The van der Waals surface area contributed by atoms with Crippen LogP contribution in [0.5, 0.6) is 0 Å². The number of carbonyl (C=O) groups is 1. The fourth-order valence-corrected chi connectivity index (χ4v) is 3.24. The summed E-state index contributed by atoms with van der Waals surface area (Å²) in [4.78, 5) is 32.2. The van der Waals surface area contributed by atoms with E-state index in [4.69, 9.17) is 16.7 Å². The van der Waals surface area contributed by atoms with E-state index in [0.29, 0.717) is 16.3 Å². The minimum absolute atomic E-state index is 0.0551. The molecule has 0 spiro atoms. The molecular weight excluding hydrogens is 338 g/mol. The van der Waals surface area contributed by atoms with Gasteiger partial charge in [-0.1, -0.05) is 35.1 Å². The predicted molar refractivity (Wildman–Crippen MR) is 89.2 cm³/mol. The third-order valence-electron chi connectivity index (χ3n) is 3.19. The topological polar surface area (TPSA) is 84.6 Å². The van der Waals surface area contributed by atoms with E-state index in [1.807, 2.05) is 6.07 Å². The Morgan fingerprint density at radius 2 is 2.22 bits per heavy atom. The van der Waals surface area contributed by atoms with Crippen LogP contribution in [0.15, 0.2) is 29.3 Å². The van der Waals surface area contributed by atoms with E-state index in [9.17, 15) is 9.59 Å². The summed E-state index contributed by atoms with van der Waals surface area (Å²) in [5.74, 6) is -1.10. The van der Waals surface area contributed by atoms with Crippen LogP contribution in [0.2, 0.25) is 5.02 Å². The Bertz CT molecular complexity index is 993. The van der Waals surface area contributed by atoms with Crippen molar-refractivity contribution in [1.29, 1.82) is 0 Å². The van der Waals surface area contributed by atoms with Gasteiger partial charge in [-0.3, -0.25) is 14.2 Å². The monoisotopic (exact) mass is 347 g/mol. The number of halogens is 1. The molecule has 116 valence electrons. The number of thiazole rings is 1. The average Bonchev–Trinajstić information content (AvgIpc) is 2.87. The van der Waals surface area contributed by atoms with Crippen LogP contribution >= 0.6 is 22.9 Å². The van der Waals surface area contributed by atoms with Crippen molar-refractivity contribution in [3.8, 4) is 0 Å². The number of rotatable bonds is 3. The Labute approximate surface area is 139 Å². The van der Waals surface area contributed by atoms with Gasteiger partial charge in [0.1, 0.15) is 9.90 Å². The number of carboxylic acid groups (broad SMARTS) is 1. The zero-order valence-electron chi connectivity index (χ0n) is 11.9. The third-order valence-corrected chi connectivity index (χ3v) is 4.68. The summed E-state index contributed by atoms with van der Waals surface area (Å²) in [6.45, 7) is 1.55. The predicted octanol–water partition coefficient (Wildman–Crippen LogP) is 2.98. The molecule has 3 rings (SSSR count). The summed E-state index contributed by atoms with van der Waals surface area (Å²) < 4.78 is 1.22. The molecule has 3 aromatic heterocycles. The highest BCUT2D eigenvalue weighted by Gasteiger charge is 2.19. The Hall–Kier alpha value is -2.51. The van der Waals surface area contributed by atoms with Crippen molar-refractivity contribution in [2.45, 2.75) is 6.92 Å². The summed E-state index contributed by atoms with van der Waals surface area (Å²) >= 11 is 7.03. The Morgan fingerprint density at radius 3 is 2.87 bits per heavy atom. The molecule has 0 aliphatic heterocycles. The number of pyridine rings is 1. The van der Waals surface area contributed by atoms with E-state index in [1.165, 1.54) is 4.40 Å². The van der Waals surface area contributed by atoms with Crippen molar-refractivity contribution in [3.05, 3.63) is 61.7 Å². The van der Waals surface area contributed by atoms with Crippen LogP contribution in [0, 0.1) is 6.92 Å². The number of hydrogen-bond donors (Lipinski definition) is 1. The average molecular weight is 348 g/mol. The van der Waals surface area contributed by atoms with Crippen molar-refractivity contribution in [2.75, 3.05) is 0 Å². The standard InChI is InChI=1S/C15H10ClN3O3S/c1-8-12(14(21)22)23-15-18-10(11(16)13(20)19(8)15)5-4-9-3-2-6-17-7-9/h2-7H,1H3,(H,21,22). The van der Waals surface area contributed by atoms with Gasteiger partial charge in [-0.2, -0.15) is 0 Å². The molecule has 0 atom stereocenters. The summed E-state index contributed by atoms with van der Waals surface area (Å²) in [6.07, 6.45) is 6.66. The summed E-state index contributed by atoms with van der Waals surface area (Å²) in [7, 11) is 0. The van der Waals surface area contributed by atoms with Gasteiger partial charge in [0.2, 0.25) is 0 Å². The van der Waals surface area contributed by atoms with Gasteiger partial charge in [-0.15, -0.1) is 0 Å². The molecule has 0 aromatic carbocycles. The molecule has 6 nitrogen and oxygen atoms in total. The maximum Gasteiger partial charge on any atom is 0.347 e. The van der Waals surface area contributed by atoms with Gasteiger partial charge in [0.25, 0.3) is 5.56 Å². The number of fused-ring (bicyclic) bond motifs is 1. The molecule has 1 N–H and O–H groups in total. The molecular formula is C15H10ClN3O3S. The number of aromatic carboxylic acids is 1. The van der Waals surface area contributed by atoms with Crippen molar-refractivity contribution in [1.82, 2.24) is 14.4 Å². The fourth-order valence-electron chi connectivity index (χ4n) is 2.09. The van der Waals surface area contributed by atoms with Crippen molar-refractivity contribution in [3.63, 3.8) is 0 Å². The molecule has 0 saturated carbocycles. The van der Waals surface area contributed by atoms with E-state index >= 15 is 0 Å². The van der Waals surface area contributed by atoms with E-state index in [2.05, 4.69) is 9.97 Å². The molecule has 8 heteroatoms. The molecule has 0 amide bonds. The lowest BCUT2D eigenvalue weighted by atomic mass is 10.2. The van der Waals surface area contributed by atoms with Crippen LogP contribution in [0.3, 0.4) is 0 Å². The Balaban J connectivity index is 2.16. The van der Waals surface area contributed by atoms with Gasteiger partial charge < -0.3 is 5.11 Å². The first kappa shape index (κ1) is 15.4. The zero-order valence-corrected chi connectivity index (χ0v) is 13.4. The van der Waals surface area contributed by atoms with Crippen LogP contribution in [-0.2, 0) is 0 Å². The van der Waals surface area contributed by atoms with Gasteiger partial charge in [-0.25, -0.2) is 9.78 Å². The second-order valence-electron chi connectivity index (χ2n) is 4.68. The molecule has 0 bridgehead atoms. The highest BCUT2D eigenvalue weighted by molar-refractivity contribution is 7.18. The van der Waals surface area contributed by atoms with E-state index in [0.717, 1.165) is 16.9 Å². The second-order valence-corrected chi connectivity index (χ2v) is 6.03. The molecule has 23 heavy (non-hydrogen) atoms. The van der Waals surface area contributed by atoms with Gasteiger partial charge >= 0.3 is 5.97 Å². The Kier molecular flexibility index (Phi) is 3.97. The molecule has 0 saturated heterocycles. The summed E-state index contributed by atoms with van der Waals surface area (Å²) in [6, 6.07) is 3.63. The highest BCUT2D eigenvalue weighted by atomic mass is 35.5. The maximum atomic E-state index is 12.4. The van der Waals surface area contributed by atoms with Crippen LogP contribution in [0.25, 0.3) is 17.1 Å². The van der Waals surface area contributed by atoms with Crippen molar-refractivity contribution in [2.24, 2.45) is 0 Å². The van der Waals surface area contributed by atoms with Crippen molar-refractivity contribution < 1.29 is 9.90 Å². The number of aromatic nitrogens is 3. The maximum absolute atomic E-state index is 12.4. The van der Waals surface area contributed by atoms with E-state index in [1.54, 1.807) is 37.5 Å². The summed E-state index contributed by atoms with van der Waals surface area (Å²) in [5, 5.41) is 9.11. The van der Waals surface area contributed by atoms with Crippen molar-refractivity contribution >= 4 is 46.0 Å². The molecule has 0 aliphatic carbocycles. The molecule has 3 heterocycles. The quantitative estimate of drug-likeness (QED) is 0.787. The van der Waals surface area contributed by atoms with Gasteiger partial charge in [0.05, 0.1) is 11.4 Å². The first-order valence-corrected chi connectivity index (χ1v) is 7.71. The van der Waals surface area contributed by atoms with Crippen LogP contribution in [-0.4, -0.2) is 25.4 Å². The molecule has 3 aromatic rings. The second kappa shape index (κ2) is 5.94. The van der Waals surface area contributed by atoms with Crippen LogP contribution < -0.4 is 5.56 Å². The Morgan fingerprint density at radius 1 is 1.43 bits per heavy atom. The van der Waals surface area contributed by atoms with Crippen LogP contribution in [0.4, 0.5) is 0 Å². The number of aryl methyl sites for hydroxylation is 1. The first-order valence-electron chi connectivity index (χ1n) is 6.52.